The normalized spacial score (nSPS) is 9.00. The van der Waals surface area contributed by atoms with Crippen LogP contribution in [0.5, 0.6) is 0 Å². The van der Waals surface area contributed by atoms with Crippen LogP contribution in [0.15, 0.2) is 0 Å². The molecule has 0 fully saturated rings. The fraction of sp³-hybridized carbons (Fsp3) is 1.00. The van der Waals surface area contributed by atoms with Crippen LogP contribution in [0.4, 0.5) is 0 Å². The van der Waals surface area contributed by atoms with Gasteiger partial charge in [0.25, 0.3) is 0 Å². The predicted octanol–water partition coefficient (Wildman–Crippen LogP) is -0.0957. The van der Waals surface area contributed by atoms with E-state index in [2.05, 4.69) is 11.6 Å². The second kappa shape index (κ2) is 10.5. The van der Waals surface area contributed by atoms with E-state index < -0.39 is 7.32 Å². The van der Waals surface area contributed by atoms with Gasteiger partial charge in [0, 0.05) is 6.61 Å². The number of unbranched alkanes of at least 4 members (excludes halogenated alkanes) is 3. The van der Waals surface area contributed by atoms with Gasteiger partial charge in [0.1, 0.15) is 0 Å². The van der Waals surface area contributed by atoms with Gasteiger partial charge in [-0.15, -0.1) is 0 Å². The van der Waals surface area contributed by atoms with E-state index in [4.69, 9.17) is 10.0 Å². The van der Waals surface area contributed by atoms with E-state index in [1.807, 2.05) is 0 Å². The van der Waals surface area contributed by atoms with E-state index in [0.717, 1.165) is 12.8 Å². The first-order chi connectivity index (χ1) is 4.77. The van der Waals surface area contributed by atoms with Crippen LogP contribution in [0.1, 0.15) is 32.6 Å². The number of hydrogen-bond acceptors (Lipinski definition) is 3. The van der Waals surface area contributed by atoms with Gasteiger partial charge in [-0.25, -0.2) is 0 Å². The molecule has 2 N–H and O–H groups in total. The van der Waals surface area contributed by atoms with Crippen LogP contribution in [-0.4, -0.2) is 42.8 Å². The summed E-state index contributed by atoms with van der Waals surface area (Å²) in [5.41, 5.74) is 0. The zero-order chi connectivity index (χ0) is 7.82. The Bertz CT molecular complexity index is 72.8. The molecule has 0 aliphatic heterocycles. The Hall–Kier alpha value is 0.542. The van der Waals surface area contributed by atoms with Gasteiger partial charge in [-0.2, -0.15) is 0 Å². The Morgan fingerprint density at radius 2 is 1.82 bits per heavy atom. The molecule has 0 unspecified atom stereocenters. The van der Waals surface area contributed by atoms with Crippen LogP contribution in [0.3, 0.4) is 0 Å². The van der Waals surface area contributed by atoms with Crippen molar-refractivity contribution in [3.8, 4) is 0 Å². The van der Waals surface area contributed by atoms with Crippen molar-refractivity contribution in [3.05, 3.63) is 0 Å². The maximum atomic E-state index is 8.24. The third kappa shape index (κ3) is 13.5. The van der Waals surface area contributed by atoms with E-state index in [1.165, 1.54) is 12.8 Å². The molecule has 0 saturated heterocycles. The number of rotatable bonds is 6. The molecule has 0 aliphatic carbocycles. The van der Waals surface area contributed by atoms with Gasteiger partial charge in [-0.05, 0) is 6.42 Å². The van der Waals surface area contributed by atoms with Crippen LogP contribution >= 0.6 is 0 Å². The summed E-state index contributed by atoms with van der Waals surface area (Å²) in [7, 11) is -1.60. The molecule has 3 nitrogen and oxygen atoms in total. The average Bonchev–Trinajstić information content (AvgIpc) is 1.87. The first kappa shape index (κ1) is 14.1. The van der Waals surface area contributed by atoms with Crippen molar-refractivity contribution in [1.29, 1.82) is 0 Å². The van der Waals surface area contributed by atoms with Gasteiger partial charge >= 0.3 is 26.2 Å². The van der Waals surface area contributed by atoms with Crippen LogP contribution in [0, 0.1) is 0 Å². The number of hydrogen-bond donors (Lipinski definition) is 2. The summed E-state index contributed by atoms with van der Waals surface area (Å²) in [5.74, 6) is 0. The first-order valence-electron chi connectivity index (χ1n) is 3.75. The van der Waals surface area contributed by atoms with Gasteiger partial charge in [0.15, 0.2) is 0 Å². The summed E-state index contributed by atoms with van der Waals surface area (Å²) in [5, 5.41) is 16.5. The van der Waals surface area contributed by atoms with E-state index >= 15 is 0 Å². The van der Waals surface area contributed by atoms with Crippen molar-refractivity contribution in [2.24, 2.45) is 0 Å². The summed E-state index contributed by atoms with van der Waals surface area (Å²) < 4.78 is 4.50. The molecule has 0 spiro atoms. The minimum atomic E-state index is -1.60. The Balaban J connectivity index is 0. The van der Waals surface area contributed by atoms with Crippen molar-refractivity contribution in [1.82, 2.24) is 0 Å². The second-order valence-corrected chi connectivity index (χ2v) is 2.26. The second-order valence-electron chi connectivity index (χ2n) is 2.26. The van der Waals surface area contributed by atoms with Gasteiger partial charge in [0.2, 0.25) is 0 Å². The van der Waals surface area contributed by atoms with Crippen molar-refractivity contribution < 1.29 is 14.7 Å². The average molecular weight is 154 g/mol. The third-order valence-corrected chi connectivity index (χ3v) is 1.26. The van der Waals surface area contributed by atoms with Crippen molar-refractivity contribution >= 4 is 26.2 Å². The quantitative estimate of drug-likeness (QED) is 0.415. The molecule has 0 aromatic rings. The molecule has 0 bridgehead atoms. The molecule has 0 amide bonds. The molecule has 0 rings (SSSR count). The van der Waals surface area contributed by atoms with E-state index in [-0.39, 0.29) is 18.9 Å². The van der Waals surface area contributed by atoms with Crippen LogP contribution in [-0.2, 0) is 4.65 Å². The zero-order valence-electron chi connectivity index (χ0n) is 6.42. The van der Waals surface area contributed by atoms with Crippen LogP contribution < -0.4 is 0 Å². The van der Waals surface area contributed by atoms with E-state index in [1.54, 1.807) is 0 Å². The molecule has 0 atom stereocenters. The predicted molar refractivity (Wildman–Crippen MR) is 47.4 cm³/mol. The van der Waals surface area contributed by atoms with Crippen molar-refractivity contribution in [3.63, 3.8) is 0 Å². The first-order valence-corrected chi connectivity index (χ1v) is 3.75. The Kier molecular flexibility index (Phi) is 13.5. The summed E-state index contributed by atoms with van der Waals surface area (Å²) in [4.78, 5) is 0. The Morgan fingerprint density at radius 1 is 1.18 bits per heavy atom. The molecule has 0 aliphatic rings. The maximum absolute atomic E-state index is 8.24. The fourth-order valence-corrected chi connectivity index (χ4v) is 0.718. The molecule has 0 aromatic carbocycles. The summed E-state index contributed by atoms with van der Waals surface area (Å²) in [6.45, 7) is 2.57. The van der Waals surface area contributed by atoms with Gasteiger partial charge in [-0.3, -0.25) is 0 Å². The topological polar surface area (TPSA) is 49.7 Å². The monoisotopic (exact) mass is 154 g/mol. The summed E-state index contributed by atoms with van der Waals surface area (Å²) in [6, 6.07) is 0. The standard InChI is InChI=1S/C6H15BO3.Li.H/c1-2-3-4-5-6-10-7(8)9;;/h8-9H,2-6H2,1H3;;. The molecule has 62 valence electrons. The Morgan fingerprint density at radius 3 is 2.27 bits per heavy atom. The molecular weight excluding hydrogens is 138 g/mol. The third-order valence-electron chi connectivity index (χ3n) is 1.26. The van der Waals surface area contributed by atoms with E-state index in [0.29, 0.717) is 6.61 Å². The zero-order valence-corrected chi connectivity index (χ0v) is 6.42. The molecule has 0 radical (unpaired) electrons. The van der Waals surface area contributed by atoms with Gasteiger partial charge in [0.05, 0.1) is 0 Å². The van der Waals surface area contributed by atoms with Crippen LogP contribution in [0.25, 0.3) is 0 Å². The van der Waals surface area contributed by atoms with Crippen molar-refractivity contribution in [2.45, 2.75) is 32.6 Å². The van der Waals surface area contributed by atoms with Crippen molar-refractivity contribution in [2.75, 3.05) is 6.61 Å². The summed E-state index contributed by atoms with van der Waals surface area (Å²) >= 11 is 0. The summed E-state index contributed by atoms with van der Waals surface area (Å²) in [6.07, 6.45) is 4.38. The Labute approximate surface area is 80.5 Å². The van der Waals surface area contributed by atoms with Crippen LogP contribution in [0.2, 0.25) is 0 Å². The van der Waals surface area contributed by atoms with E-state index in [9.17, 15) is 0 Å². The molecule has 0 heterocycles. The van der Waals surface area contributed by atoms with Gasteiger partial charge < -0.3 is 14.7 Å². The minimum absolute atomic E-state index is 0. The molecule has 11 heavy (non-hydrogen) atoms. The molecule has 0 aromatic heterocycles. The molecular formula is C6H16BLiO3. The SMILES string of the molecule is CCCCCCOB(O)O.[LiH]. The molecule has 5 heteroatoms. The molecule has 0 saturated carbocycles. The fourth-order valence-electron chi connectivity index (χ4n) is 0.718. The van der Waals surface area contributed by atoms with Gasteiger partial charge in [-0.1, -0.05) is 26.2 Å².